The number of ether oxygens (including phenoxy) is 1. The van der Waals surface area contributed by atoms with Crippen molar-refractivity contribution in [2.75, 3.05) is 7.11 Å². The van der Waals surface area contributed by atoms with Crippen LogP contribution >= 0.6 is 0 Å². The van der Waals surface area contributed by atoms with Gasteiger partial charge in [0, 0.05) is 12.5 Å². The van der Waals surface area contributed by atoms with E-state index in [1.165, 1.54) is 38.4 Å². The Balaban J connectivity index is 1.93. The Kier molecular flexibility index (Phi) is 9.55. The Morgan fingerprint density at radius 2 is 1.67 bits per heavy atom. The summed E-state index contributed by atoms with van der Waals surface area (Å²) in [5.74, 6) is -0.0955. The number of hydrogen-bond donors (Lipinski definition) is 1. The lowest BCUT2D eigenvalue weighted by Gasteiger charge is -2.11. The molecule has 0 aliphatic carbocycles. The molecule has 3 heteroatoms. The second-order valence-corrected chi connectivity index (χ2v) is 5.69. The van der Waals surface area contributed by atoms with Gasteiger partial charge in [-0.2, -0.15) is 0 Å². The molecular weight excluding hydrogens is 262 g/mol. The van der Waals surface area contributed by atoms with Gasteiger partial charge in [0.2, 0.25) is 0 Å². The maximum absolute atomic E-state index is 10.9. The number of unbranched alkanes of at least 4 members (excludes halogenated alkanes) is 5. The van der Waals surface area contributed by atoms with Gasteiger partial charge in [-0.25, -0.2) is 0 Å². The van der Waals surface area contributed by atoms with Crippen molar-refractivity contribution in [2.45, 2.75) is 63.8 Å². The van der Waals surface area contributed by atoms with Crippen LogP contribution in [0.1, 0.15) is 56.9 Å². The topological polar surface area (TPSA) is 52.3 Å². The van der Waals surface area contributed by atoms with Gasteiger partial charge in [0.15, 0.2) is 0 Å². The zero-order valence-corrected chi connectivity index (χ0v) is 13.2. The molecule has 0 aliphatic heterocycles. The van der Waals surface area contributed by atoms with Gasteiger partial charge in [0.1, 0.15) is 0 Å². The minimum absolute atomic E-state index is 0.0955. The number of nitrogens with two attached hydrogens (primary N) is 1. The van der Waals surface area contributed by atoms with Crippen LogP contribution in [0.3, 0.4) is 0 Å². The number of benzene rings is 1. The predicted molar refractivity (Wildman–Crippen MR) is 87.1 cm³/mol. The van der Waals surface area contributed by atoms with Gasteiger partial charge < -0.3 is 10.5 Å². The van der Waals surface area contributed by atoms with Crippen LogP contribution in [-0.4, -0.2) is 19.1 Å². The van der Waals surface area contributed by atoms with Crippen LogP contribution in [0, 0.1) is 0 Å². The average Bonchev–Trinajstić information content (AvgIpc) is 2.50. The summed E-state index contributed by atoms with van der Waals surface area (Å²) >= 11 is 0. The zero-order chi connectivity index (χ0) is 15.3. The number of carbonyl (C=O) groups excluding carboxylic acids is 1. The van der Waals surface area contributed by atoms with Crippen LogP contribution in [-0.2, 0) is 16.0 Å². The van der Waals surface area contributed by atoms with E-state index in [0.29, 0.717) is 6.42 Å². The van der Waals surface area contributed by atoms with Crippen LogP contribution in [0.25, 0.3) is 0 Å². The van der Waals surface area contributed by atoms with Crippen molar-refractivity contribution >= 4 is 5.97 Å². The van der Waals surface area contributed by atoms with Gasteiger partial charge in [0.25, 0.3) is 0 Å². The number of esters is 1. The fourth-order valence-corrected chi connectivity index (χ4v) is 2.50. The smallest absolute Gasteiger partial charge is 0.305 e. The molecular formula is C18H29NO2. The van der Waals surface area contributed by atoms with Gasteiger partial charge in [0.05, 0.1) is 7.11 Å². The first-order chi connectivity index (χ1) is 10.2. The van der Waals surface area contributed by atoms with Crippen molar-refractivity contribution in [1.82, 2.24) is 0 Å². The Hall–Kier alpha value is -1.35. The summed E-state index contributed by atoms with van der Waals surface area (Å²) < 4.78 is 4.62. The van der Waals surface area contributed by atoms with E-state index in [9.17, 15) is 4.79 Å². The molecule has 0 saturated carbocycles. The van der Waals surface area contributed by atoms with Gasteiger partial charge in [-0.05, 0) is 24.8 Å². The normalized spacial score (nSPS) is 12.1. The van der Waals surface area contributed by atoms with Crippen LogP contribution in [0.4, 0.5) is 0 Å². The molecule has 2 N–H and O–H groups in total. The van der Waals surface area contributed by atoms with E-state index < -0.39 is 0 Å². The van der Waals surface area contributed by atoms with Crippen LogP contribution < -0.4 is 5.73 Å². The summed E-state index contributed by atoms with van der Waals surface area (Å²) in [4.78, 5) is 10.9. The van der Waals surface area contributed by atoms with Crippen molar-refractivity contribution in [2.24, 2.45) is 5.73 Å². The summed E-state index contributed by atoms with van der Waals surface area (Å²) in [5.41, 5.74) is 7.49. The standard InChI is InChI=1S/C18H29NO2/c1-21-18(20)14-10-5-3-2-4-9-13-17(19)15-16-11-7-6-8-12-16/h6-8,11-12,17H,2-5,9-10,13-15,19H2,1H3. The van der Waals surface area contributed by atoms with E-state index in [0.717, 1.165) is 25.7 Å². The summed E-state index contributed by atoms with van der Waals surface area (Å²) in [6.45, 7) is 0. The lowest BCUT2D eigenvalue weighted by Crippen LogP contribution is -2.22. The molecule has 1 atom stereocenters. The van der Waals surface area contributed by atoms with Crippen LogP contribution in [0.2, 0.25) is 0 Å². The predicted octanol–water partition coefficient (Wildman–Crippen LogP) is 3.85. The molecule has 3 nitrogen and oxygen atoms in total. The summed E-state index contributed by atoms with van der Waals surface area (Å²) in [6, 6.07) is 10.7. The zero-order valence-electron chi connectivity index (χ0n) is 13.2. The first kappa shape index (κ1) is 17.7. The molecule has 1 rings (SSSR count). The van der Waals surface area contributed by atoms with E-state index >= 15 is 0 Å². The lowest BCUT2D eigenvalue weighted by atomic mass is 10.0. The van der Waals surface area contributed by atoms with E-state index in [4.69, 9.17) is 5.73 Å². The fourth-order valence-electron chi connectivity index (χ4n) is 2.50. The Morgan fingerprint density at radius 3 is 2.33 bits per heavy atom. The van der Waals surface area contributed by atoms with Crippen LogP contribution in [0.5, 0.6) is 0 Å². The van der Waals surface area contributed by atoms with Gasteiger partial charge >= 0.3 is 5.97 Å². The SMILES string of the molecule is COC(=O)CCCCCCCCC(N)Cc1ccccc1. The molecule has 0 heterocycles. The second-order valence-electron chi connectivity index (χ2n) is 5.69. The number of methoxy groups -OCH3 is 1. The number of rotatable bonds is 11. The first-order valence-electron chi connectivity index (χ1n) is 8.08. The Labute approximate surface area is 128 Å². The highest BCUT2D eigenvalue weighted by Crippen LogP contribution is 2.11. The maximum atomic E-state index is 10.9. The summed E-state index contributed by atoms with van der Waals surface area (Å²) in [5, 5.41) is 0. The van der Waals surface area contributed by atoms with E-state index in [-0.39, 0.29) is 12.0 Å². The summed E-state index contributed by atoms with van der Waals surface area (Å²) in [6.07, 6.45) is 9.55. The number of hydrogen-bond acceptors (Lipinski definition) is 3. The molecule has 1 aromatic rings. The monoisotopic (exact) mass is 291 g/mol. The minimum Gasteiger partial charge on any atom is -0.469 e. The maximum Gasteiger partial charge on any atom is 0.305 e. The van der Waals surface area contributed by atoms with E-state index in [2.05, 4.69) is 29.0 Å². The molecule has 0 saturated heterocycles. The second kappa shape index (κ2) is 11.3. The van der Waals surface area contributed by atoms with Crippen molar-refractivity contribution in [3.8, 4) is 0 Å². The molecule has 0 bridgehead atoms. The molecule has 0 aromatic heterocycles. The highest BCUT2D eigenvalue weighted by atomic mass is 16.5. The summed E-state index contributed by atoms with van der Waals surface area (Å²) in [7, 11) is 1.45. The molecule has 1 unspecified atom stereocenters. The molecule has 118 valence electrons. The third-order valence-electron chi connectivity index (χ3n) is 3.77. The first-order valence-corrected chi connectivity index (χ1v) is 8.08. The van der Waals surface area contributed by atoms with E-state index in [1.54, 1.807) is 0 Å². The molecule has 1 aromatic carbocycles. The van der Waals surface area contributed by atoms with Crippen molar-refractivity contribution in [1.29, 1.82) is 0 Å². The van der Waals surface area contributed by atoms with Crippen LogP contribution in [0.15, 0.2) is 30.3 Å². The third kappa shape index (κ3) is 9.24. The quantitative estimate of drug-likeness (QED) is 0.497. The van der Waals surface area contributed by atoms with E-state index in [1.807, 2.05) is 6.07 Å². The van der Waals surface area contributed by atoms with Crippen molar-refractivity contribution in [3.63, 3.8) is 0 Å². The fraction of sp³-hybridized carbons (Fsp3) is 0.611. The van der Waals surface area contributed by atoms with Gasteiger partial charge in [-0.3, -0.25) is 4.79 Å². The molecule has 0 radical (unpaired) electrons. The van der Waals surface area contributed by atoms with Gasteiger partial charge in [-0.15, -0.1) is 0 Å². The molecule has 0 amide bonds. The Bertz CT molecular complexity index is 378. The molecule has 0 spiro atoms. The Morgan fingerprint density at radius 1 is 1.05 bits per heavy atom. The average molecular weight is 291 g/mol. The van der Waals surface area contributed by atoms with Gasteiger partial charge in [-0.1, -0.05) is 62.4 Å². The van der Waals surface area contributed by atoms with Crippen molar-refractivity contribution < 1.29 is 9.53 Å². The third-order valence-corrected chi connectivity index (χ3v) is 3.77. The highest BCUT2D eigenvalue weighted by Gasteiger charge is 2.04. The molecule has 0 fully saturated rings. The molecule has 0 aliphatic rings. The highest BCUT2D eigenvalue weighted by molar-refractivity contribution is 5.68. The minimum atomic E-state index is -0.0955. The lowest BCUT2D eigenvalue weighted by molar-refractivity contribution is -0.140. The largest absolute Gasteiger partial charge is 0.469 e. The molecule has 21 heavy (non-hydrogen) atoms. The number of carbonyl (C=O) groups is 1. The van der Waals surface area contributed by atoms with Crippen molar-refractivity contribution in [3.05, 3.63) is 35.9 Å².